The van der Waals surface area contributed by atoms with Gasteiger partial charge in [0.1, 0.15) is 0 Å². The van der Waals surface area contributed by atoms with Gasteiger partial charge in [-0.2, -0.15) is 0 Å². The first kappa shape index (κ1) is 8.95. The van der Waals surface area contributed by atoms with E-state index in [1.165, 1.54) is 6.08 Å². The molecular weight excluding hydrogens is 129 g/mol. The van der Waals surface area contributed by atoms with E-state index in [0.29, 0.717) is 6.33 Å². The molecule has 0 bridgehead atoms. The number of halogens is 1. The molecule has 0 amide bonds. The molecule has 1 nitrogen and oxygen atoms in total. The molecule has 0 aromatic carbocycles. The van der Waals surface area contributed by atoms with Crippen LogP contribution in [0.2, 0.25) is 0 Å². The molecule has 0 fully saturated rings. The van der Waals surface area contributed by atoms with Crippen LogP contribution in [-0.2, 0) is 0 Å². The maximum absolute atomic E-state index is 11.6. The van der Waals surface area contributed by atoms with Gasteiger partial charge in [0.25, 0.3) is 0 Å². The summed E-state index contributed by atoms with van der Waals surface area (Å²) in [6.07, 6.45) is 5.17. The van der Waals surface area contributed by atoms with E-state index in [1.807, 2.05) is 6.92 Å². The highest BCUT2D eigenvalue weighted by molar-refractivity contribution is 5.19. The van der Waals surface area contributed by atoms with Crippen LogP contribution in [0, 0.1) is 0 Å². The molecule has 0 unspecified atom stereocenters. The molecule has 0 spiro atoms. The quantitative estimate of drug-likeness (QED) is 0.591. The lowest BCUT2D eigenvalue weighted by Crippen LogP contribution is -2.09. The molecule has 0 saturated carbocycles. The lowest BCUT2D eigenvalue weighted by atomic mass is 10.4. The van der Waals surface area contributed by atoms with Crippen LogP contribution in [0.25, 0.3) is 0 Å². The number of likely N-dealkylation sites (N-methyl/N-ethyl adjacent to an activating group) is 1. The summed E-state index contributed by atoms with van der Waals surface area (Å²) in [6, 6.07) is 0. The van der Waals surface area contributed by atoms with Crippen molar-refractivity contribution in [3.63, 3.8) is 0 Å². The van der Waals surface area contributed by atoms with Crippen LogP contribution in [-0.4, -0.2) is 6.54 Å². The summed E-state index contributed by atoms with van der Waals surface area (Å²) in [4.78, 5) is 0. The summed E-state index contributed by atoms with van der Waals surface area (Å²) in [6.45, 7) is 6.22. The second kappa shape index (κ2) is 6.08. The van der Waals surface area contributed by atoms with Gasteiger partial charge in [0.2, 0.25) is 0 Å². The molecule has 1 N–H and O–H groups in total. The Morgan fingerprint density at radius 3 is 2.80 bits per heavy atom. The van der Waals surface area contributed by atoms with E-state index in [2.05, 4.69) is 11.9 Å². The molecule has 2 heteroatoms. The van der Waals surface area contributed by atoms with Gasteiger partial charge in [0.15, 0.2) is 0 Å². The van der Waals surface area contributed by atoms with Crippen molar-refractivity contribution in [3.05, 3.63) is 36.8 Å². The van der Waals surface area contributed by atoms with Crippen molar-refractivity contribution in [2.24, 2.45) is 0 Å². The zero-order valence-corrected chi connectivity index (χ0v) is 6.10. The fraction of sp³-hybridized carbons (Fsp3) is 0.250. The lowest BCUT2D eigenvalue weighted by Gasteiger charge is -2.00. The minimum absolute atomic E-state index is 0.498. The summed E-state index contributed by atoms with van der Waals surface area (Å²) in [7, 11) is 0. The van der Waals surface area contributed by atoms with Crippen LogP contribution in [0.3, 0.4) is 0 Å². The molecule has 0 aliphatic rings. The Kier molecular flexibility index (Phi) is 5.44. The SMILES string of the molecule is C=C/C=C(\C=C\F)NCC. The van der Waals surface area contributed by atoms with Crippen molar-refractivity contribution < 1.29 is 4.39 Å². The van der Waals surface area contributed by atoms with E-state index in [0.717, 1.165) is 12.2 Å². The van der Waals surface area contributed by atoms with Crippen LogP contribution in [0.15, 0.2) is 36.8 Å². The molecular formula is C8H12FN. The van der Waals surface area contributed by atoms with Crippen LogP contribution in [0.5, 0.6) is 0 Å². The number of hydrogen-bond acceptors (Lipinski definition) is 1. The molecule has 0 heterocycles. The Labute approximate surface area is 60.9 Å². The minimum Gasteiger partial charge on any atom is -0.385 e. The first-order valence-corrected chi connectivity index (χ1v) is 3.18. The molecule has 56 valence electrons. The van der Waals surface area contributed by atoms with Crippen molar-refractivity contribution in [2.75, 3.05) is 6.54 Å². The van der Waals surface area contributed by atoms with E-state index in [9.17, 15) is 4.39 Å². The maximum atomic E-state index is 11.6. The molecule has 0 aromatic rings. The topological polar surface area (TPSA) is 12.0 Å². The average Bonchev–Trinajstić information content (AvgIpc) is 1.90. The fourth-order valence-electron chi connectivity index (χ4n) is 0.572. The fourth-order valence-corrected chi connectivity index (χ4v) is 0.572. The third-order valence-electron chi connectivity index (χ3n) is 0.921. The van der Waals surface area contributed by atoms with E-state index >= 15 is 0 Å². The summed E-state index contributed by atoms with van der Waals surface area (Å²) >= 11 is 0. The zero-order valence-electron chi connectivity index (χ0n) is 6.10. The normalized spacial score (nSPS) is 12.0. The van der Waals surface area contributed by atoms with Crippen molar-refractivity contribution in [2.45, 2.75) is 6.92 Å². The van der Waals surface area contributed by atoms with Gasteiger partial charge in [-0.25, -0.2) is 4.39 Å². The van der Waals surface area contributed by atoms with Gasteiger partial charge in [-0.05, 0) is 19.1 Å². The van der Waals surface area contributed by atoms with Gasteiger partial charge >= 0.3 is 0 Å². The Morgan fingerprint density at radius 1 is 1.70 bits per heavy atom. The van der Waals surface area contributed by atoms with Crippen molar-refractivity contribution in [1.82, 2.24) is 5.32 Å². The highest BCUT2D eigenvalue weighted by atomic mass is 19.1. The van der Waals surface area contributed by atoms with E-state index in [1.54, 1.807) is 12.2 Å². The number of nitrogens with one attached hydrogen (secondary N) is 1. The van der Waals surface area contributed by atoms with Crippen LogP contribution in [0.1, 0.15) is 6.92 Å². The van der Waals surface area contributed by atoms with Crippen molar-refractivity contribution in [1.29, 1.82) is 0 Å². The predicted octanol–water partition coefficient (Wildman–Crippen LogP) is 2.15. The molecule has 0 aliphatic heterocycles. The van der Waals surface area contributed by atoms with Crippen molar-refractivity contribution >= 4 is 0 Å². The Morgan fingerprint density at radius 2 is 2.40 bits per heavy atom. The Bertz CT molecular complexity index is 147. The van der Waals surface area contributed by atoms with Gasteiger partial charge in [-0.1, -0.05) is 12.7 Å². The smallest absolute Gasteiger partial charge is 0.0887 e. The standard InChI is InChI=1S/C8H12FN/c1-3-5-8(6-7-9)10-4-2/h3,5-7,10H,1,4H2,2H3/b7-6+,8-5+. The van der Waals surface area contributed by atoms with E-state index in [4.69, 9.17) is 0 Å². The zero-order chi connectivity index (χ0) is 7.82. The third kappa shape index (κ3) is 3.89. The molecule has 0 atom stereocenters. The first-order valence-electron chi connectivity index (χ1n) is 3.18. The molecule has 0 radical (unpaired) electrons. The van der Waals surface area contributed by atoms with Crippen LogP contribution < -0.4 is 5.32 Å². The van der Waals surface area contributed by atoms with Crippen LogP contribution in [0.4, 0.5) is 4.39 Å². The summed E-state index contributed by atoms with van der Waals surface area (Å²) in [5, 5.41) is 2.95. The molecule has 0 saturated heterocycles. The van der Waals surface area contributed by atoms with Gasteiger partial charge in [0, 0.05) is 12.2 Å². The van der Waals surface area contributed by atoms with E-state index in [-0.39, 0.29) is 0 Å². The summed E-state index contributed by atoms with van der Waals surface area (Å²) < 4.78 is 11.6. The molecule has 0 rings (SSSR count). The first-order chi connectivity index (χ1) is 4.85. The Hall–Kier alpha value is -1.05. The largest absolute Gasteiger partial charge is 0.385 e. The van der Waals surface area contributed by atoms with Crippen molar-refractivity contribution in [3.8, 4) is 0 Å². The highest BCUT2D eigenvalue weighted by Crippen LogP contribution is 1.91. The maximum Gasteiger partial charge on any atom is 0.0887 e. The monoisotopic (exact) mass is 141 g/mol. The second-order valence-electron chi connectivity index (χ2n) is 1.68. The van der Waals surface area contributed by atoms with E-state index < -0.39 is 0 Å². The second-order valence-corrected chi connectivity index (χ2v) is 1.68. The summed E-state index contributed by atoms with van der Waals surface area (Å²) in [5.74, 6) is 0. The van der Waals surface area contributed by atoms with Gasteiger partial charge in [-0.3, -0.25) is 0 Å². The van der Waals surface area contributed by atoms with Crippen LogP contribution >= 0.6 is 0 Å². The molecule has 0 aromatic heterocycles. The molecule has 0 aliphatic carbocycles. The van der Waals surface area contributed by atoms with Gasteiger partial charge < -0.3 is 5.32 Å². The lowest BCUT2D eigenvalue weighted by molar-refractivity contribution is 0.716. The minimum atomic E-state index is 0.498. The molecule has 10 heavy (non-hydrogen) atoms. The van der Waals surface area contributed by atoms with Gasteiger partial charge in [0.05, 0.1) is 6.33 Å². The number of rotatable bonds is 4. The number of hydrogen-bond donors (Lipinski definition) is 1. The highest BCUT2D eigenvalue weighted by Gasteiger charge is 1.83. The van der Waals surface area contributed by atoms with Gasteiger partial charge in [-0.15, -0.1) is 0 Å². The number of allylic oxidation sites excluding steroid dienone is 3. The average molecular weight is 141 g/mol. The summed E-state index contributed by atoms with van der Waals surface area (Å²) in [5.41, 5.74) is 0.736. The third-order valence-corrected chi connectivity index (χ3v) is 0.921. The predicted molar refractivity (Wildman–Crippen MR) is 42.2 cm³/mol. The Balaban J connectivity index is 3.96.